The molecule has 3 heteroatoms. The van der Waals surface area contributed by atoms with E-state index >= 15 is 0 Å². The highest BCUT2D eigenvalue weighted by molar-refractivity contribution is 5.79. The molecule has 18 heavy (non-hydrogen) atoms. The van der Waals surface area contributed by atoms with Gasteiger partial charge >= 0.3 is 5.97 Å². The molecule has 2 rings (SSSR count). The van der Waals surface area contributed by atoms with E-state index < -0.39 is 0 Å². The Morgan fingerprint density at radius 2 is 2.06 bits per heavy atom. The highest BCUT2D eigenvalue weighted by Crippen LogP contribution is 2.31. The lowest BCUT2D eigenvalue weighted by atomic mass is 9.86. The molecule has 1 saturated heterocycles. The van der Waals surface area contributed by atoms with Gasteiger partial charge in [-0.05, 0) is 30.9 Å². The summed E-state index contributed by atoms with van der Waals surface area (Å²) >= 11 is 0. The number of hydrogen-bond donors (Lipinski definition) is 1. The van der Waals surface area contributed by atoms with E-state index in [0.717, 1.165) is 24.9 Å². The first-order valence-electron chi connectivity index (χ1n) is 6.53. The molecule has 3 nitrogen and oxygen atoms in total. The molecule has 0 saturated carbocycles. The molecule has 1 fully saturated rings. The van der Waals surface area contributed by atoms with Crippen LogP contribution in [0.15, 0.2) is 24.3 Å². The van der Waals surface area contributed by atoms with Gasteiger partial charge < -0.3 is 10.1 Å². The summed E-state index contributed by atoms with van der Waals surface area (Å²) in [4.78, 5) is 12.0. The number of nitrogens with one attached hydrogen (secondary N) is 1. The summed E-state index contributed by atoms with van der Waals surface area (Å²) in [5, 5.41) is 3.16. The number of hydrogen-bond acceptors (Lipinski definition) is 3. The van der Waals surface area contributed by atoms with Crippen molar-refractivity contribution in [2.45, 2.75) is 45.1 Å². The summed E-state index contributed by atoms with van der Waals surface area (Å²) in [7, 11) is 0. The van der Waals surface area contributed by atoms with Gasteiger partial charge in [0, 0.05) is 5.56 Å². The fourth-order valence-electron chi connectivity index (χ4n) is 2.24. The third kappa shape index (κ3) is 2.91. The Balaban J connectivity index is 2.16. The number of carbonyl (C=O) groups is 1. The van der Waals surface area contributed by atoms with Gasteiger partial charge in [-0.3, -0.25) is 0 Å². The van der Waals surface area contributed by atoms with Gasteiger partial charge in [0.15, 0.2) is 0 Å². The summed E-state index contributed by atoms with van der Waals surface area (Å²) in [6.45, 7) is 7.26. The van der Waals surface area contributed by atoms with E-state index in [1.165, 1.54) is 0 Å². The largest absolute Gasteiger partial charge is 0.425 e. The maximum absolute atomic E-state index is 12.0. The van der Waals surface area contributed by atoms with Gasteiger partial charge in [0.1, 0.15) is 11.8 Å². The maximum Gasteiger partial charge on any atom is 0.328 e. The zero-order valence-electron chi connectivity index (χ0n) is 11.3. The SMILES string of the molecule is CC(C)(C)c1ccccc1OC(=O)C1CCCN1. The molecule has 1 aliphatic rings. The van der Waals surface area contributed by atoms with E-state index in [2.05, 4.69) is 26.1 Å². The summed E-state index contributed by atoms with van der Waals surface area (Å²) < 4.78 is 5.55. The van der Waals surface area contributed by atoms with Crippen LogP contribution < -0.4 is 10.1 Å². The standard InChI is InChI=1S/C15H21NO2/c1-15(2,3)11-7-4-5-9-13(11)18-14(17)12-8-6-10-16-12/h4-5,7,9,12,16H,6,8,10H2,1-3H3. The van der Waals surface area contributed by atoms with Gasteiger partial charge in [-0.15, -0.1) is 0 Å². The van der Waals surface area contributed by atoms with Gasteiger partial charge in [-0.2, -0.15) is 0 Å². The summed E-state index contributed by atoms with van der Waals surface area (Å²) in [5.41, 5.74) is 1.04. The Morgan fingerprint density at radius 3 is 2.67 bits per heavy atom. The molecule has 1 N–H and O–H groups in total. The van der Waals surface area contributed by atoms with Crippen LogP contribution in [-0.2, 0) is 10.2 Å². The number of esters is 1. The molecule has 0 bridgehead atoms. The molecule has 0 spiro atoms. The molecule has 1 aliphatic heterocycles. The zero-order chi connectivity index (χ0) is 13.2. The van der Waals surface area contributed by atoms with Crippen LogP contribution >= 0.6 is 0 Å². The molecular formula is C15H21NO2. The number of ether oxygens (including phenoxy) is 1. The van der Waals surface area contributed by atoms with Crippen molar-refractivity contribution in [1.82, 2.24) is 5.32 Å². The highest BCUT2D eigenvalue weighted by atomic mass is 16.5. The fourth-order valence-corrected chi connectivity index (χ4v) is 2.24. The lowest BCUT2D eigenvalue weighted by Crippen LogP contribution is -2.34. The Morgan fingerprint density at radius 1 is 1.33 bits per heavy atom. The Bertz CT molecular complexity index is 428. The van der Waals surface area contributed by atoms with Gasteiger partial charge in [-0.1, -0.05) is 39.0 Å². The molecular weight excluding hydrogens is 226 g/mol. The van der Waals surface area contributed by atoms with Crippen molar-refractivity contribution in [2.24, 2.45) is 0 Å². The predicted octanol–water partition coefficient (Wildman–Crippen LogP) is 2.64. The topological polar surface area (TPSA) is 38.3 Å². The Hall–Kier alpha value is -1.35. The van der Waals surface area contributed by atoms with Crippen LogP contribution in [0.2, 0.25) is 0 Å². The normalized spacial score (nSPS) is 19.8. The fraction of sp³-hybridized carbons (Fsp3) is 0.533. The second-order valence-corrected chi connectivity index (χ2v) is 5.82. The van der Waals surface area contributed by atoms with Crippen molar-refractivity contribution in [1.29, 1.82) is 0 Å². The Kier molecular flexibility index (Phi) is 3.71. The van der Waals surface area contributed by atoms with Crippen molar-refractivity contribution in [2.75, 3.05) is 6.54 Å². The molecule has 1 heterocycles. The Labute approximate surface area is 109 Å². The van der Waals surface area contributed by atoms with E-state index in [1.54, 1.807) is 0 Å². The third-order valence-corrected chi connectivity index (χ3v) is 3.25. The molecule has 1 aromatic rings. The van der Waals surface area contributed by atoms with Crippen LogP contribution in [0.3, 0.4) is 0 Å². The second kappa shape index (κ2) is 5.11. The number of carbonyl (C=O) groups excluding carboxylic acids is 1. The monoisotopic (exact) mass is 247 g/mol. The van der Waals surface area contributed by atoms with Crippen LogP contribution in [0.4, 0.5) is 0 Å². The average Bonchev–Trinajstić information content (AvgIpc) is 2.81. The van der Waals surface area contributed by atoms with Gasteiger partial charge in [0.05, 0.1) is 0 Å². The molecule has 1 unspecified atom stereocenters. The van der Waals surface area contributed by atoms with Gasteiger partial charge in [0.2, 0.25) is 0 Å². The van der Waals surface area contributed by atoms with E-state index in [-0.39, 0.29) is 17.4 Å². The van der Waals surface area contributed by atoms with Crippen molar-refractivity contribution in [3.8, 4) is 5.75 Å². The molecule has 98 valence electrons. The van der Waals surface area contributed by atoms with Crippen LogP contribution in [0.1, 0.15) is 39.2 Å². The van der Waals surface area contributed by atoms with Crippen molar-refractivity contribution >= 4 is 5.97 Å². The molecule has 1 aromatic carbocycles. The average molecular weight is 247 g/mol. The van der Waals surface area contributed by atoms with E-state index in [1.807, 2.05) is 24.3 Å². The van der Waals surface area contributed by atoms with Gasteiger partial charge in [-0.25, -0.2) is 4.79 Å². The van der Waals surface area contributed by atoms with Crippen LogP contribution in [0, 0.1) is 0 Å². The predicted molar refractivity (Wildman–Crippen MR) is 71.8 cm³/mol. The van der Waals surface area contributed by atoms with Gasteiger partial charge in [0.25, 0.3) is 0 Å². The maximum atomic E-state index is 12.0. The molecule has 0 aliphatic carbocycles. The molecule has 0 radical (unpaired) electrons. The number of benzene rings is 1. The molecule has 0 aromatic heterocycles. The van der Waals surface area contributed by atoms with E-state index in [0.29, 0.717) is 5.75 Å². The van der Waals surface area contributed by atoms with E-state index in [4.69, 9.17) is 4.74 Å². The first-order chi connectivity index (χ1) is 8.48. The summed E-state index contributed by atoms with van der Waals surface area (Å²) in [5.74, 6) is 0.521. The lowest BCUT2D eigenvalue weighted by Gasteiger charge is -2.22. The highest BCUT2D eigenvalue weighted by Gasteiger charge is 2.26. The lowest BCUT2D eigenvalue weighted by molar-refractivity contribution is -0.136. The zero-order valence-corrected chi connectivity index (χ0v) is 11.3. The first-order valence-corrected chi connectivity index (χ1v) is 6.53. The smallest absolute Gasteiger partial charge is 0.328 e. The first kappa shape index (κ1) is 13.1. The number of para-hydroxylation sites is 1. The summed E-state index contributed by atoms with van der Waals surface area (Å²) in [6.07, 6.45) is 1.91. The van der Waals surface area contributed by atoms with Crippen LogP contribution in [0.25, 0.3) is 0 Å². The van der Waals surface area contributed by atoms with Crippen molar-refractivity contribution < 1.29 is 9.53 Å². The second-order valence-electron chi connectivity index (χ2n) is 5.82. The molecule has 1 atom stereocenters. The minimum absolute atomic E-state index is 0.0278. The van der Waals surface area contributed by atoms with Crippen LogP contribution in [0.5, 0.6) is 5.75 Å². The van der Waals surface area contributed by atoms with Crippen LogP contribution in [-0.4, -0.2) is 18.6 Å². The van der Waals surface area contributed by atoms with Crippen molar-refractivity contribution in [3.05, 3.63) is 29.8 Å². The quantitative estimate of drug-likeness (QED) is 0.645. The summed E-state index contributed by atoms with van der Waals surface area (Å²) in [6, 6.07) is 7.63. The van der Waals surface area contributed by atoms with E-state index in [9.17, 15) is 4.79 Å². The third-order valence-electron chi connectivity index (χ3n) is 3.25. The minimum atomic E-state index is -0.163. The number of rotatable bonds is 2. The molecule has 0 amide bonds. The van der Waals surface area contributed by atoms with Crippen molar-refractivity contribution in [3.63, 3.8) is 0 Å². The minimum Gasteiger partial charge on any atom is -0.425 e.